The summed E-state index contributed by atoms with van der Waals surface area (Å²) in [5.74, 6) is 0.232. The molecule has 8 heteroatoms. The van der Waals surface area contributed by atoms with Gasteiger partial charge in [-0.05, 0) is 49.6 Å². The fraction of sp³-hybridized carbons (Fsp3) is 0.250. The van der Waals surface area contributed by atoms with Gasteiger partial charge in [0.2, 0.25) is 5.95 Å². The van der Waals surface area contributed by atoms with Crippen molar-refractivity contribution < 1.29 is 4.79 Å². The summed E-state index contributed by atoms with van der Waals surface area (Å²) < 4.78 is 1.32. The molecule has 2 aromatic carbocycles. The highest BCUT2D eigenvalue weighted by molar-refractivity contribution is 6.30. The Morgan fingerprint density at radius 3 is 2.50 bits per heavy atom. The van der Waals surface area contributed by atoms with Crippen molar-refractivity contribution in [3.05, 3.63) is 92.4 Å². The quantitative estimate of drug-likeness (QED) is 0.448. The lowest BCUT2D eigenvalue weighted by atomic mass is 10.1. The maximum Gasteiger partial charge on any atom is 0.277 e. The summed E-state index contributed by atoms with van der Waals surface area (Å²) in [6.07, 6.45) is 2.54. The Balaban J connectivity index is 1.79. The van der Waals surface area contributed by atoms with Crippen molar-refractivity contribution in [2.75, 3.05) is 4.90 Å². The highest BCUT2D eigenvalue weighted by Crippen LogP contribution is 2.19. The number of hydrogen-bond donors (Lipinski definition) is 1. The second kappa shape index (κ2) is 9.36. The van der Waals surface area contributed by atoms with Crippen LogP contribution in [0, 0.1) is 6.92 Å². The molecule has 0 atom stereocenters. The molecule has 2 aromatic heterocycles. The van der Waals surface area contributed by atoms with Gasteiger partial charge >= 0.3 is 0 Å². The number of rotatable bonds is 7. The lowest BCUT2D eigenvalue weighted by molar-refractivity contribution is 0.0983. The summed E-state index contributed by atoms with van der Waals surface area (Å²) in [4.78, 5) is 37.0. The molecule has 0 aliphatic carbocycles. The van der Waals surface area contributed by atoms with Crippen LogP contribution in [0.2, 0.25) is 5.02 Å². The van der Waals surface area contributed by atoms with E-state index in [2.05, 4.69) is 22.0 Å². The molecule has 0 saturated heterocycles. The van der Waals surface area contributed by atoms with Crippen LogP contribution in [0.3, 0.4) is 0 Å². The number of halogens is 1. The number of carbonyl (C=O) groups excluding carboxylic acids is 1. The summed E-state index contributed by atoms with van der Waals surface area (Å²) in [6, 6.07) is 16.3. The molecule has 0 aliphatic rings. The Morgan fingerprint density at radius 2 is 1.81 bits per heavy atom. The molecular formula is C24H24ClN5O2. The molecule has 0 spiro atoms. The van der Waals surface area contributed by atoms with Crippen LogP contribution < -0.4 is 10.5 Å². The van der Waals surface area contributed by atoms with Crippen LogP contribution in [0.4, 0.5) is 5.95 Å². The van der Waals surface area contributed by atoms with E-state index in [1.54, 1.807) is 24.3 Å². The Kier molecular flexibility index (Phi) is 6.37. The van der Waals surface area contributed by atoms with Gasteiger partial charge in [-0.2, -0.15) is 9.50 Å². The maximum absolute atomic E-state index is 13.4. The summed E-state index contributed by atoms with van der Waals surface area (Å²) in [7, 11) is 0. The van der Waals surface area contributed by atoms with Crippen LogP contribution >= 0.6 is 11.6 Å². The minimum absolute atomic E-state index is 0.182. The molecule has 0 fully saturated rings. The molecule has 0 saturated carbocycles. The molecule has 32 heavy (non-hydrogen) atoms. The van der Waals surface area contributed by atoms with Gasteiger partial charge in [-0.3, -0.25) is 19.6 Å². The molecule has 4 rings (SSSR count). The van der Waals surface area contributed by atoms with E-state index in [4.69, 9.17) is 11.6 Å². The number of anilines is 1. The number of aromatic nitrogens is 4. The number of H-pyrrole nitrogens is 1. The van der Waals surface area contributed by atoms with Crippen molar-refractivity contribution in [1.82, 2.24) is 19.6 Å². The fourth-order valence-electron chi connectivity index (χ4n) is 3.56. The molecule has 4 aromatic rings. The van der Waals surface area contributed by atoms with Crippen LogP contribution in [0.5, 0.6) is 0 Å². The van der Waals surface area contributed by atoms with E-state index < -0.39 is 0 Å². The summed E-state index contributed by atoms with van der Waals surface area (Å²) >= 11 is 5.99. The predicted molar refractivity (Wildman–Crippen MR) is 125 cm³/mol. The van der Waals surface area contributed by atoms with Gasteiger partial charge in [0.25, 0.3) is 17.2 Å². The molecule has 1 amide bonds. The van der Waals surface area contributed by atoms with Gasteiger partial charge in [-0.1, -0.05) is 55.3 Å². The molecule has 0 aliphatic heterocycles. The van der Waals surface area contributed by atoms with Gasteiger partial charge in [-0.15, -0.1) is 0 Å². The Morgan fingerprint density at radius 1 is 1.09 bits per heavy atom. The molecule has 7 nitrogen and oxygen atoms in total. The van der Waals surface area contributed by atoms with Crippen molar-refractivity contribution >= 4 is 29.2 Å². The maximum atomic E-state index is 13.4. The fourth-order valence-corrected chi connectivity index (χ4v) is 3.69. The van der Waals surface area contributed by atoms with E-state index in [1.165, 1.54) is 9.42 Å². The molecule has 0 radical (unpaired) electrons. The van der Waals surface area contributed by atoms with E-state index in [-0.39, 0.29) is 29.7 Å². The van der Waals surface area contributed by atoms with Gasteiger partial charge in [0.05, 0.1) is 12.2 Å². The van der Waals surface area contributed by atoms with Gasteiger partial charge in [0.15, 0.2) is 0 Å². The minimum atomic E-state index is -0.263. The van der Waals surface area contributed by atoms with Crippen LogP contribution in [0.1, 0.15) is 46.9 Å². The lowest BCUT2D eigenvalue weighted by Gasteiger charge is -2.20. The average molecular weight is 450 g/mol. The zero-order valence-corrected chi connectivity index (χ0v) is 18.8. The number of nitrogens with one attached hydrogen (secondary N) is 1. The van der Waals surface area contributed by atoms with Gasteiger partial charge < -0.3 is 0 Å². The van der Waals surface area contributed by atoms with Crippen molar-refractivity contribution in [3.63, 3.8) is 0 Å². The normalized spacial score (nSPS) is 11.1. The molecule has 0 unspecified atom stereocenters. The van der Waals surface area contributed by atoms with Gasteiger partial charge in [0.1, 0.15) is 0 Å². The van der Waals surface area contributed by atoms with Crippen molar-refractivity contribution in [2.45, 2.75) is 39.7 Å². The van der Waals surface area contributed by atoms with E-state index in [0.717, 1.165) is 18.4 Å². The highest BCUT2D eigenvalue weighted by Gasteiger charge is 2.23. The first kappa shape index (κ1) is 21.8. The number of amides is 1. The third kappa shape index (κ3) is 4.43. The number of aryl methyl sites for hydroxylation is 1. The van der Waals surface area contributed by atoms with Crippen LogP contribution in [-0.2, 0) is 13.0 Å². The zero-order chi connectivity index (χ0) is 22.7. The predicted octanol–water partition coefficient (Wildman–Crippen LogP) is 4.57. The minimum Gasteiger partial charge on any atom is -0.272 e. The van der Waals surface area contributed by atoms with E-state index >= 15 is 0 Å². The number of fused-ring (bicyclic) bond motifs is 1. The van der Waals surface area contributed by atoms with Crippen molar-refractivity contribution in [3.8, 4) is 0 Å². The summed E-state index contributed by atoms with van der Waals surface area (Å²) in [6.45, 7) is 4.18. The zero-order valence-electron chi connectivity index (χ0n) is 18.0. The van der Waals surface area contributed by atoms with Crippen molar-refractivity contribution in [2.24, 2.45) is 0 Å². The number of hydrogen-bond acceptors (Lipinski definition) is 4. The monoisotopic (exact) mass is 449 g/mol. The largest absolute Gasteiger partial charge is 0.277 e. The summed E-state index contributed by atoms with van der Waals surface area (Å²) in [5.41, 5.74) is 2.54. The molecule has 1 N–H and O–H groups in total. The lowest BCUT2D eigenvalue weighted by Crippen LogP contribution is -2.31. The first-order valence-corrected chi connectivity index (χ1v) is 11.0. The topological polar surface area (TPSA) is 83.4 Å². The first-order chi connectivity index (χ1) is 15.5. The van der Waals surface area contributed by atoms with E-state index in [9.17, 15) is 9.59 Å². The summed E-state index contributed by atoms with van der Waals surface area (Å²) in [5, 5.41) is 3.55. The molecule has 2 heterocycles. The van der Waals surface area contributed by atoms with Crippen LogP contribution in [0.15, 0.2) is 59.4 Å². The SMILES string of the molecule is CCCCc1c(C)nc2nc(N(Cc3ccccc3)C(=O)c3ccc(Cl)cc3)[nH]n2c1=O. The number of carbonyl (C=O) groups is 1. The van der Waals surface area contributed by atoms with Gasteiger partial charge in [-0.25, -0.2) is 4.98 Å². The van der Waals surface area contributed by atoms with Gasteiger partial charge in [0, 0.05) is 16.1 Å². The second-order valence-corrected chi connectivity index (χ2v) is 8.09. The average Bonchev–Trinajstić information content (AvgIpc) is 3.22. The highest BCUT2D eigenvalue weighted by atomic mass is 35.5. The van der Waals surface area contributed by atoms with E-state index in [0.29, 0.717) is 28.3 Å². The Bertz CT molecular complexity index is 1300. The molecular weight excluding hydrogens is 426 g/mol. The molecule has 164 valence electrons. The first-order valence-electron chi connectivity index (χ1n) is 10.6. The Labute approximate surface area is 190 Å². The standard InChI is InChI=1S/C24H24ClN5O2/c1-3-4-10-20-16(2)26-23-27-24(28-30(23)22(20)32)29(15-17-8-6-5-7-9-17)21(31)18-11-13-19(25)14-12-18/h5-9,11-14H,3-4,10,15H2,1-2H3,(H,26,27,28). The van der Waals surface area contributed by atoms with Crippen LogP contribution in [0.25, 0.3) is 5.78 Å². The third-order valence-electron chi connectivity index (χ3n) is 5.34. The second-order valence-electron chi connectivity index (χ2n) is 7.65. The number of benzene rings is 2. The number of aromatic amines is 1. The number of nitrogens with zero attached hydrogens (tertiary/aromatic N) is 4. The third-order valence-corrected chi connectivity index (χ3v) is 5.59. The van der Waals surface area contributed by atoms with Crippen molar-refractivity contribution in [1.29, 1.82) is 0 Å². The van der Waals surface area contributed by atoms with E-state index in [1.807, 2.05) is 37.3 Å². The Hall–Kier alpha value is -3.45. The smallest absolute Gasteiger partial charge is 0.272 e. The van der Waals surface area contributed by atoms with Crippen LogP contribution in [-0.4, -0.2) is 25.5 Å². The number of unbranched alkanes of at least 4 members (excludes halogenated alkanes) is 1. The molecule has 0 bridgehead atoms.